The zero-order chi connectivity index (χ0) is 4.00. The summed E-state index contributed by atoms with van der Waals surface area (Å²) in [6, 6.07) is 0. The molecule has 0 heterocycles. The molecule has 0 unspecified atom stereocenters. The Kier molecular flexibility index (Phi) is 54700. The molecule has 0 aliphatic rings. The molecule has 0 aliphatic carbocycles. The average Bonchev–Trinajstić information content (AvgIpc) is 1.50. The Balaban J connectivity index is -0.00000000500. The molecule has 0 N–H and O–H groups in total. The molecule has 0 rings (SSSR count). The molecule has 0 aromatic heterocycles. The molecule has 0 aliphatic heterocycles. The molecule has 0 amide bonds. The second kappa shape index (κ2) is 9110. The first-order valence-corrected chi connectivity index (χ1v) is 0.447. The van der Waals surface area contributed by atoms with E-state index in [4.69, 9.17) is 23.7 Å². The van der Waals surface area contributed by atoms with Gasteiger partial charge in [-0.15, -0.1) is 0 Å². The molecule has 0 atom stereocenters. The summed E-state index contributed by atoms with van der Waals surface area (Å²) in [5.41, 5.74) is 0. The van der Waals surface area contributed by atoms with Crippen LogP contribution in [0.4, 0.5) is 0 Å². The summed E-state index contributed by atoms with van der Waals surface area (Å²) < 4.78 is 0. The summed E-state index contributed by atoms with van der Waals surface area (Å²) >= 11 is 0. The van der Waals surface area contributed by atoms with Crippen LogP contribution in [-0.2, 0) is 17.1 Å². The van der Waals surface area contributed by atoms with Crippen LogP contribution in [0.3, 0.4) is 0 Å². The van der Waals surface area contributed by atoms with Crippen molar-refractivity contribution < 1.29 is 17.1 Å². The second-order valence-corrected chi connectivity index (χ2v) is 0. The SMILES string of the molecule is [C-]#N.[C-]#N.[Cu+2].[Li]. The maximum Gasteiger partial charge on any atom is 2.00 e. The maximum atomic E-state index is 6.25. The normalized spacial score (nSPS) is 0.667. The van der Waals surface area contributed by atoms with Gasteiger partial charge in [-0.2, -0.15) is 0 Å². The van der Waals surface area contributed by atoms with Gasteiger partial charge < -0.3 is 23.7 Å². The molecule has 2 radical (unpaired) electrons. The van der Waals surface area contributed by atoms with Crippen LogP contribution in [0.5, 0.6) is 0 Å². The van der Waals surface area contributed by atoms with Crippen molar-refractivity contribution in [2.45, 2.75) is 0 Å². The Hall–Kier alpha value is 0.0969. The smallest absolute Gasteiger partial charge is 0.512 e. The van der Waals surface area contributed by atoms with Crippen molar-refractivity contribution in [1.82, 2.24) is 0 Å². The summed E-state index contributed by atoms with van der Waals surface area (Å²) in [4.78, 5) is 0. The fourth-order valence-corrected chi connectivity index (χ4v) is 0. The monoisotopic (exact) mass is 122 g/mol. The molecular weight excluding hydrogens is 123 g/mol. The van der Waals surface area contributed by atoms with Crippen LogP contribution in [0.1, 0.15) is 0 Å². The van der Waals surface area contributed by atoms with Crippen molar-refractivity contribution in [2.75, 3.05) is 0 Å². The van der Waals surface area contributed by atoms with Crippen molar-refractivity contribution in [3.05, 3.63) is 13.1 Å². The van der Waals surface area contributed by atoms with Gasteiger partial charge in [0.2, 0.25) is 0 Å². The Morgan fingerprint density at radius 1 is 0.833 bits per heavy atom. The van der Waals surface area contributed by atoms with Gasteiger partial charge in [-0.25, -0.2) is 0 Å². The van der Waals surface area contributed by atoms with Crippen molar-refractivity contribution >= 4 is 18.9 Å². The third kappa shape index (κ3) is 4190. The molecule has 4 heteroatoms. The van der Waals surface area contributed by atoms with Gasteiger partial charge in [0.1, 0.15) is 0 Å². The standard InChI is InChI=1S/2CN.Cu.Li/c2*1-2;;/q2*-1;+2;. The van der Waals surface area contributed by atoms with Gasteiger partial charge in [0, 0.05) is 18.9 Å². The Morgan fingerprint density at radius 3 is 0.833 bits per heavy atom. The van der Waals surface area contributed by atoms with Gasteiger partial charge in [-0.05, 0) is 0 Å². The van der Waals surface area contributed by atoms with Crippen LogP contribution in [0.15, 0.2) is 0 Å². The van der Waals surface area contributed by atoms with Crippen molar-refractivity contribution in [1.29, 1.82) is 10.5 Å². The number of rotatable bonds is 0. The van der Waals surface area contributed by atoms with E-state index in [-0.39, 0.29) is 35.9 Å². The molecule has 6 heavy (non-hydrogen) atoms. The van der Waals surface area contributed by atoms with Gasteiger partial charge >= 0.3 is 17.1 Å². The van der Waals surface area contributed by atoms with E-state index in [9.17, 15) is 0 Å². The molecule has 0 fully saturated rings. The first-order chi connectivity index (χ1) is 2.00. The third-order valence-electron chi connectivity index (χ3n) is 0. The fourth-order valence-electron chi connectivity index (χ4n) is 0. The number of hydrogen-bond acceptors (Lipinski definition) is 2. The van der Waals surface area contributed by atoms with E-state index in [1.807, 2.05) is 0 Å². The predicted octanol–water partition coefficient (Wildman–Crippen LogP) is -0.191. The predicted molar refractivity (Wildman–Crippen MR) is 15.7 cm³/mol. The van der Waals surface area contributed by atoms with Crippen molar-refractivity contribution in [3.8, 4) is 0 Å². The van der Waals surface area contributed by atoms with Crippen LogP contribution in [0.25, 0.3) is 0 Å². The van der Waals surface area contributed by atoms with E-state index < -0.39 is 0 Å². The van der Waals surface area contributed by atoms with Crippen molar-refractivity contribution in [3.63, 3.8) is 0 Å². The molecule has 0 bridgehead atoms. The summed E-state index contributed by atoms with van der Waals surface area (Å²) in [5.74, 6) is 0. The Bertz CT molecular complexity index is 27.0. The molecule has 0 saturated carbocycles. The van der Waals surface area contributed by atoms with E-state index in [2.05, 4.69) is 0 Å². The first kappa shape index (κ1) is 36.0. The van der Waals surface area contributed by atoms with E-state index >= 15 is 0 Å². The minimum atomic E-state index is 0. The first-order valence-electron chi connectivity index (χ1n) is 0.447. The van der Waals surface area contributed by atoms with Gasteiger partial charge in [0.25, 0.3) is 0 Å². The molecule has 0 aromatic carbocycles. The molecular formula is C2CuLiN2. The summed E-state index contributed by atoms with van der Waals surface area (Å²) in [5, 5.41) is 12.5. The van der Waals surface area contributed by atoms with Gasteiger partial charge in [0.05, 0.1) is 0 Å². The topological polar surface area (TPSA) is 47.6 Å². The Morgan fingerprint density at radius 2 is 0.833 bits per heavy atom. The minimum absolute atomic E-state index is 0. The summed E-state index contributed by atoms with van der Waals surface area (Å²) in [6.45, 7) is 9.50. The van der Waals surface area contributed by atoms with E-state index in [0.29, 0.717) is 0 Å². The number of nitrogens with zero attached hydrogens (tertiary/aromatic N) is 2. The van der Waals surface area contributed by atoms with Gasteiger partial charge in [-0.1, -0.05) is 0 Å². The molecule has 30 valence electrons. The van der Waals surface area contributed by atoms with Crippen LogP contribution in [0, 0.1) is 23.7 Å². The van der Waals surface area contributed by atoms with Gasteiger partial charge in [0.15, 0.2) is 0 Å². The van der Waals surface area contributed by atoms with E-state index in [1.165, 1.54) is 0 Å². The van der Waals surface area contributed by atoms with Gasteiger partial charge in [-0.3, -0.25) is 0 Å². The molecule has 0 aromatic rings. The molecule has 0 saturated heterocycles. The zero-order valence-corrected chi connectivity index (χ0v) is 4.14. The Labute approximate surface area is 59.8 Å². The van der Waals surface area contributed by atoms with Crippen LogP contribution in [-0.4, -0.2) is 18.9 Å². The largest absolute Gasteiger partial charge is 2.00 e. The van der Waals surface area contributed by atoms with Crippen LogP contribution < -0.4 is 0 Å². The summed E-state index contributed by atoms with van der Waals surface area (Å²) in [6.07, 6.45) is 0. The fraction of sp³-hybridized carbons (Fsp3) is 0. The average molecular weight is 123 g/mol. The number of hydrogen-bond donors (Lipinski definition) is 0. The second-order valence-electron chi connectivity index (χ2n) is 0. The van der Waals surface area contributed by atoms with Crippen LogP contribution >= 0.6 is 0 Å². The van der Waals surface area contributed by atoms with E-state index in [1.54, 1.807) is 0 Å². The molecule has 0 spiro atoms. The quantitative estimate of drug-likeness (QED) is 0.330. The summed E-state index contributed by atoms with van der Waals surface area (Å²) in [7, 11) is 0. The zero-order valence-electron chi connectivity index (χ0n) is 3.20. The maximum absolute atomic E-state index is 6.25. The van der Waals surface area contributed by atoms with Crippen LogP contribution in [0.2, 0.25) is 0 Å². The minimum Gasteiger partial charge on any atom is -0.512 e. The molecule has 2 nitrogen and oxygen atoms in total. The van der Waals surface area contributed by atoms with E-state index in [0.717, 1.165) is 0 Å². The van der Waals surface area contributed by atoms with Crippen molar-refractivity contribution in [2.24, 2.45) is 0 Å². The third-order valence-corrected chi connectivity index (χ3v) is 0.